The summed E-state index contributed by atoms with van der Waals surface area (Å²) in [4.78, 5) is 37.4. The molecule has 0 aliphatic carbocycles. The van der Waals surface area contributed by atoms with Crippen molar-refractivity contribution in [3.05, 3.63) is 81.1 Å². The van der Waals surface area contributed by atoms with E-state index < -0.39 is 51.6 Å². The Kier molecular flexibility index (Phi) is 5.50. The van der Waals surface area contributed by atoms with Crippen molar-refractivity contribution < 1.29 is 33.3 Å². The molecule has 0 saturated carbocycles. The number of nitrogens with one attached hydrogen (secondary N) is 1. The Labute approximate surface area is 167 Å². The van der Waals surface area contributed by atoms with Gasteiger partial charge in [-0.15, -0.1) is 0 Å². The average molecular weight is 416 g/mol. The predicted octanol–water partition coefficient (Wildman–Crippen LogP) is 2.88. The first kappa shape index (κ1) is 20.5. The first-order valence-electron chi connectivity index (χ1n) is 8.38. The number of hydrogen-bond acceptors (Lipinski definition) is 5. The molecule has 30 heavy (non-hydrogen) atoms. The number of nitrogens with two attached hydrogens (primary N) is 1. The third-order valence-corrected chi connectivity index (χ3v) is 4.20. The van der Waals surface area contributed by atoms with E-state index in [1.54, 1.807) is 0 Å². The average Bonchev–Trinajstić information content (AvgIpc) is 2.66. The molecule has 0 aliphatic heterocycles. The molecule has 0 unspecified atom stereocenters. The van der Waals surface area contributed by atoms with E-state index in [0.29, 0.717) is 6.07 Å². The third-order valence-electron chi connectivity index (χ3n) is 4.20. The van der Waals surface area contributed by atoms with Crippen molar-refractivity contribution in [2.45, 2.75) is 6.61 Å². The summed E-state index contributed by atoms with van der Waals surface area (Å²) in [5, 5.41) is 18.9. The van der Waals surface area contributed by atoms with E-state index in [1.807, 2.05) is 4.98 Å². The number of carboxylic acid groups (broad SMARTS) is 2. The van der Waals surface area contributed by atoms with Crippen molar-refractivity contribution in [3.8, 4) is 16.9 Å². The Balaban J connectivity index is 2.06. The van der Waals surface area contributed by atoms with Crippen LogP contribution in [-0.4, -0.2) is 27.1 Å². The van der Waals surface area contributed by atoms with Crippen LogP contribution >= 0.6 is 0 Å². The molecule has 2 aromatic carbocycles. The largest absolute Gasteiger partial charge is 0.489 e. The number of carbonyl (C=O) groups is 2. The number of nitrogen functional groups attached to an aromatic ring is 1. The summed E-state index contributed by atoms with van der Waals surface area (Å²) in [5.74, 6) is -5.12. The Morgan fingerprint density at radius 3 is 2.37 bits per heavy atom. The number of halogens is 2. The van der Waals surface area contributed by atoms with Crippen molar-refractivity contribution >= 4 is 17.8 Å². The second kappa shape index (κ2) is 8.03. The molecule has 0 fully saturated rings. The standard InChI is InChI=1S/C20H14F2N2O6/c21-11-5-4-10(13(22)7-11)8-30-12-3-1-2-9(6-12)14-15(19(26)27)17(23)24-18(25)16(14)20(28)29/h1-7H,8H2,(H,26,27)(H,28,29)(H3,23,24,25). The highest BCUT2D eigenvalue weighted by Gasteiger charge is 2.26. The number of rotatable bonds is 6. The first-order valence-corrected chi connectivity index (χ1v) is 8.38. The van der Waals surface area contributed by atoms with E-state index in [0.717, 1.165) is 6.07 Å². The van der Waals surface area contributed by atoms with E-state index in [2.05, 4.69) is 0 Å². The van der Waals surface area contributed by atoms with Crippen LogP contribution in [0.3, 0.4) is 0 Å². The number of benzene rings is 2. The number of H-pyrrole nitrogens is 1. The molecule has 0 bridgehead atoms. The fraction of sp³-hybridized carbons (Fsp3) is 0.0500. The maximum absolute atomic E-state index is 13.8. The van der Waals surface area contributed by atoms with E-state index in [4.69, 9.17) is 10.5 Å². The molecule has 0 saturated heterocycles. The van der Waals surface area contributed by atoms with Crippen molar-refractivity contribution in [1.82, 2.24) is 4.98 Å². The number of anilines is 1. The van der Waals surface area contributed by atoms with Gasteiger partial charge in [0.15, 0.2) is 0 Å². The summed E-state index contributed by atoms with van der Waals surface area (Å²) >= 11 is 0. The van der Waals surface area contributed by atoms with Crippen molar-refractivity contribution in [2.75, 3.05) is 5.73 Å². The second-order valence-corrected chi connectivity index (χ2v) is 6.16. The molecule has 1 heterocycles. The minimum Gasteiger partial charge on any atom is -0.489 e. The summed E-state index contributed by atoms with van der Waals surface area (Å²) in [6.07, 6.45) is 0. The minimum absolute atomic E-state index is 0.0414. The second-order valence-electron chi connectivity index (χ2n) is 6.16. The fourth-order valence-corrected chi connectivity index (χ4v) is 2.88. The molecule has 1 aromatic heterocycles. The Hall–Kier alpha value is -4.21. The van der Waals surface area contributed by atoms with Gasteiger partial charge >= 0.3 is 11.9 Å². The lowest BCUT2D eigenvalue weighted by Crippen LogP contribution is -2.24. The molecule has 3 rings (SSSR count). The van der Waals surface area contributed by atoms with Crippen LogP contribution in [-0.2, 0) is 6.61 Å². The van der Waals surface area contributed by atoms with Gasteiger partial charge in [0.1, 0.15) is 40.9 Å². The van der Waals surface area contributed by atoms with Crippen LogP contribution in [0.4, 0.5) is 14.6 Å². The number of ether oxygens (including phenoxy) is 1. The molecule has 0 atom stereocenters. The van der Waals surface area contributed by atoms with Crippen LogP contribution in [0.5, 0.6) is 5.75 Å². The molecule has 0 radical (unpaired) electrons. The number of aromatic nitrogens is 1. The van der Waals surface area contributed by atoms with Gasteiger partial charge in [-0.1, -0.05) is 12.1 Å². The number of aromatic carboxylic acids is 2. The monoisotopic (exact) mass is 416 g/mol. The lowest BCUT2D eigenvalue weighted by Gasteiger charge is -2.13. The van der Waals surface area contributed by atoms with Gasteiger partial charge in [0.05, 0.1) is 0 Å². The molecular weight excluding hydrogens is 402 g/mol. The molecule has 0 spiro atoms. The highest BCUT2D eigenvalue weighted by molar-refractivity contribution is 6.07. The van der Waals surface area contributed by atoms with Gasteiger partial charge < -0.3 is 25.7 Å². The quantitative estimate of drug-likeness (QED) is 0.484. The van der Waals surface area contributed by atoms with Gasteiger partial charge in [0.2, 0.25) is 0 Å². The van der Waals surface area contributed by atoms with E-state index in [-0.39, 0.29) is 23.5 Å². The fourth-order valence-electron chi connectivity index (χ4n) is 2.88. The molecule has 10 heteroatoms. The Morgan fingerprint density at radius 2 is 1.73 bits per heavy atom. The summed E-state index contributed by atoms with van der Waals surface area (Å²) < 4.78 is 32.2. The van der Waals surface area contributed by atoms with Crippen LogP contribution in [0, 0.1) is 11.6 Å². The molecular formula is C20H14F2N2O6. The topological polar surface area (TPSA) is 143 Å². The molecule has 0 aliphatic rings. The Morgan fingerprint density at radius 1 is 1.03 bits per heavy atom. The normalized spacial score (nSPS) is 10.6. The molecule has 0 amide bonds. The maximum Gasteiger partial charge on any atom is 0.342 e. The van der Waals surface area contributed by atoms with Crippen molar-refractivity contribution in [1.29, 1.82) is 0 Å². The lowest BCUT2D eigenvalue weighted by atomic mass is 9.95. The number of pyridine rings is 1. The van der Waals surface area contributed by atoms with Gasteiger partial charge in [-0.25, -0.2) is 18.4 Å². The van der Waals surface area contributed by atoms with E-state index >= 15 is 0 Å². The van der Waals surface area contributed by atoms with Crippen LogP contribution in [0.2, 0.25) is 0 Å². The number of aromatic amines is 1. The first-order chi connectivity index (χ1) is 14.2. The van der Waals surface area contributed by atoms with Crippen molar-refractivity contribution in [2.24, 2.45) is 0 Å². The van der Waals surface area contributed by atoms with Crippen molar-refractivity contribution in [3.63, 3.8) is 0 Å². The molecule has 154 valence electrons. The summed E-state index contributed by atoms with van der Waals surface area (Å²) in [5.41, 5.74) is 2.85. The van der Waals surface area contributed by atoms with E-state index in [9.17, 15) is 33.4 Å². The summed E-state index contributed by atoms with van der Waals surface area (Å²) in [6.45, 7) is -0.273. The predicted molar refractivity (Wildman–Crippen MR) is 102 cm³/mol. The molecule has 8 nitrogen and oxygen atoms in total. The van der Waals surface area contributed by atoms with Gasteiger partial charge in [-0.05, 0) is 29.8 Å². The zero-order valence-corrected chi connectivity index (χ0v) is 15.1. The minimum atomic E-state index is -1.64. The maximum atomic E-state index is 13.8. The van der Waals surface area contributed by atoms with Gasteiger partial charge in [0.25, 0.3) is 5.56 Å². The zero-order chi connectivity index (χ0) is 22.0. The highest BCUT2D eigenvalue weighted by Crippen LogP contribution is 2.31. The van der Waals surface area contributed by atoms with Crippen LogP contribution in [0.1, 0.15) is 26.3 Å². The molecule has 5 N–H and O–H groups in total. The SMILES string of the molecule is Nc1[nH]c(=O)c(C(=O)O)c(-c2cccc(OCc3ccc(F)cc3F)c2)c1C(=O)O. The summed E-state index contributed by atoms with van der Waals surface area (Å²) in [7, 11) is 0. The lowest BCUT2D eigenvalue weighted by molar-refractivity contribution is 0.0695. The Bertz CT molecular complexity index is 1220. The smallest absolute Gasteiger partial charge is 0.342 e. The summed E-state index contributed by atoms with van der Waals surface area (Å²) in [6, 6.07) is 8.52. The van der Waals surface area contributed by atoms with Gasteiger partial charge in [-0.3, -0.25) is 4.79 Å². The highest BCUT2D eigenvalue weighted by atomic mass is 19.1. The van der Waals surface area contributed by atoms with Gasteiger partial charge in [-0.2, -0.15) is 0 Å². The van der Waals surface area contributed by atoms with E-state index in [1.165, 1.54) is 30.3 Å². The zero-order valence-electron chi connectivity index (χ0n) is 15.1. The van der Waals surface area contributed by atoms with Crippen LogP contribution < -0.4 is 16.0 Å². The van der Waals surface area contributed by atoms with Gasteiger partial charge in [0, 0.05) is 17.2 Å². The molecule has 3 aromatic rings. The number of carboxylic acids is 2. The van der Waals surface area contributed by atoms with Crippen LogP contribution in [0.25, 0.3) is 11.1 Å². The van der Waals surface area contributed by atoms with Crippen LogP contribution in [0.15, 0.2) is 47.3 Å². The third kappa shape index (κ3) is 3.97. The number of hydrogen-bond donors (Lipinski definition) is 4.